The van der Waals surface area contributed by atoms with Crippen molar-refractivity contribution < 1.29 is 9.53 Å². The molecule has 1 heterocycles. The number of aromatic nitrogens is 3. The summed E-state index contributed by atoms with van der Waals surface area (Å²) < 4.78 is 4.60. The third-order valence-electron chi connectivity index (χ3n) is 1.13. The van der Waals surface area contributed by atoms with E-state index in [9.17, 15) is 9.59 Å². The maximum Gasteiger partial charge on any atom is 0.362 e. The van der Waals surface area contributed by atoms with Gasteiger partial charge in [0.05, 0.1) is 6.61 Å². The lowest BCUT2D eigenvalue weighted by atomic mass is 10.5. The highest BCUT2D eigenvalue weighted by molar-refractivity contribution is 6.31. The molecule has 0 aliphatic carbocycles. The number of hydrogen-bond donors (Lipinski definition) is 1. The Morgan fingerprint density at radius 2 is 2.38 bits per heavy atom. The summed E-state index contributed by atoms with van der Waals surface area (Å²) in [5.41, 5.74) is -0.902. The van der Waals surface area contributed by atoms with Crippen molar-refractivity contribution in [3.05, 3.63) is 21.3 Å². The molecule has 7 heteroatoms. The third-order valence-corrected chi connectivity index (χ3v) is 1.39. The van der Waals surface area contributed by atoms with Gasteiger partial charge in [-0.2, -0.15) is 10.1 Å². The molecule has 0 bridgehead atoms. The highest BCUT2D eigenvalue weighted by Gasteiger charge is 2.14. The first-order valence-electron chi connectivity index (χ1n) is 3.44. The van der Waals surface area contributed by atoms with Crippen LogP contribution >= 0.6 is 11.6 Å². The zero-order valence-electron chi connectivity index (χ0n) is 6.70. The molecule has 0 spiro atoms. The van der Waals surface area contributed by atoms with E-state index in [2.05, 4.69) is 14.8 Å². The van der Waals surface area contributed by atoms with Gasteiger partial charge in [-0.05, 0) is 6.92 Å². The van der Waals surface area contributed by atoms with Crippen LogP contribution in [0.4, 0.5) is 0 Å². The van der Waals surface area contributed by atoms with Crippen LogP contribution in [-0.4, -0.2) is 27.8 Å². The van der Waals surface area contributed by atoms with Gasteiger partial charge in [0, 0.05) is 0 Å². The Kier molecular flexibility index (Phi) is 2.97. The van der Waals surface area contributed by atoms with Gasteiger partial charge in [-0.15, -0.1) is 0 Å². The van der Waals surface area contributed by atoms with Gasteiger partial charge >= 0.3 is 11.7 Å². The van der Waals surface area contributed by atoms with E-state index in [-0.39, 0.29) is 17.5 Å². The number of rotatable bonds is 2. The Morgan fingerprint density at radius 3 is 2.92 bits per heavy atom. The van der Waals surface area contributed by atoms with Crippen LogP contribution in [0.1, 0.15) is 17.4 Å². The molecule has 0 radical (unpaired) electrons. The van der Waals surface area contributed by atoms with Crippen LogP contribution in [0.3, 0.4) is 0 Å². The molecule has 0 atom stereocenters. The number of nitrogens with zero attached hydrogens (tertiary/aromatic N) is 2. The summed E-state index contributed by atoms with van der Waals surface area (Å²) in [6.07, 6.45) is 0. The monoisotopic (exact) mass is 203 g/mol. The number of carbonyl (C=O) groups is 1. The topological polar surface area (TPSA) is 84.9 Å². The standard InChI is InChI=1S/C6H6ClN3O3/c1-2-13-5(11)3-4(7)8-6(12)10-9-3/h2H2,1H3,(H,8,10,12). The maximum atomic E-state index is 11.0. The predicted molar refractivity (Wildman–Crippen MR) is 43.6 cm³/mol. The minimum atomic E-state index is -0.712. The van der Waals surface area contributed by atoms with Crippen molar-refractivity contribution in [3.63, 3.8) is 0 Å². The van der Waals surface area contributed by atoms with E-state index < -0.39 is 11.7 Å². The second-order valence-electron chi connectivity index (χ2n) is 2.00. The summed E-state index contributed by atoms with van der Waals surface area (Å²) in [5, 5.41) is 5.11. The van der Waals surface area contributed by atoms with Gasteiger partial charge in [0.2, 0.25) is 5.69 Å². The molecule has 1 N–H and O–H groups in total. The van der Waals surface area contributed by atoms with Crippen molar-refractivity contribution in [3.8, 4) is 0 Å². The number of nitrogens with one attached hydrogen (secondary N) is 1. The Balaban J connectivity index is 3.02. The van der Waals surface area contributed by atoms with Crippen molar-refractivity contribution in [2.24, 2.45) is 0 Å². The van der Waals surface area contributed by atoms with E-state index in [0.29, 0.717) is 0 Å². The fourth-order valence-electron chi connectivity index (χ4n) is 0.646. The first-order chi connectivity index (χ1) is 6.15. The molecule has 1 aromatic rings. The average molecular weight is 204 g/mol. The van der Waals surface area contributed by atoms with E-state index in [1.807, 2.05) is 5.10 Å². The average Bonchev–Trinajstić information content (AvgIpc) is 2.04. The van der Waals surface area contributed by atoms with Crippen LogP contribution in [-0.2, 0) is 4.74 Å². The highest BCUT2D eigenvalue weighted by Crippen LogP contribution is 2.06. The van der Waals surface area contributed by atoms with Crippen molar-refractivity contribution in [1.82, 2.24) is 15.2 Å². The molecule has 0 aromatic carbocycles. The normalized spacial score (nSPS) is 9.69. The quantitative estimate of drug-likeness (QED) is 0.684. The second kappa shape index (κ2) is 3.99. The van der Waals surface area contributed by atoms with Crippen molar-refractivity contribution in [2.75, 3.05) is 6.61 Å². The van der Waals surface area contributed by atoms with Gasteiger partial charge in [-0.25, -0.2) is 14.7 Å². The van der Waals surface area contributed by atoms with Gasteiger partial charge in [-0.1, -0.05) is 11.6 Å². The third kappa shape index (κ3) is 2.25. The summed E-state index contributed by atoms with van der Waals surface area (Å²) in [6, 6.07) is 0. The number of hydrogen-bond acceptors (Lipinski definition) is 5. The molecule has 0 aliphatic heterocycles. The van der Waals surface area contributed by atoms with E-state index in [1.165, 1.54) is 0 Å². The summed E-state index contributed by atoms with van der Waals surface area (Å²) in [6.45, 7) is 1.85. The molecule has 0 aliphatic rings. The molecule has 0 saturated heterocycles. The van der Waals surface area contributed by atoms with Gasteiger partial charge in [-0.3, -0.25) is 0 Å². The van der Waals surface area contributed by atoms with Crippen LogP contribution in [0.25, 0.3) is 0 Å². The van der Waals surface area contributed by atoms with E-state index in [4.69, 9.17) is 11.6 Å². The van der Waals surface area contributed by atoms with Crippen molar-refractivity contribution in [1.29, 1.82) is 0 Å². The van der Waals surface area contributed by atoms with Crippen LogP contribution in [0.15, 0.2) is 4.79 Å². The zero-order valence-corrected chi connectivity index (χ0v) is 7.46. The summed E-state index contributed by atoms with van der Waals surface area (Å²) in [5.74, 6) is -0.712. The van der Waals surface area contributed by atoms with Crippen LogP contribution in [0.2, 0.25) is 5.15 Å². The Bertz CT molecular complexity index is 376. The maximum absolute atomic E-state index is 11.0. The number of carbonyl (C=O) groups excluding carboxylic acids is 1. The van der Waals surface area contributed by atoms with Crippen LogP contribution in [0.5, 0.6) is 0 Å². The number of ether oxygens (including phenoxy) is 1. The fraction of sp³-hybridized carbons (Fsp3) is 0.333. The first-order valence-corrected chi connectivity index (χ1v) is 3.82. The lowest BCUT2D eigenvalue weighted by Gasteiger charge is -1.99. The SMILES string of the molecule is CCOC(=O)c1n[nH]c(=O)nc1Cl. The molecular formula is C6H6ClN3O3. The number of H-pyrrole nitrogens is 1. The molecule has 0 fully saturated rings. The Labute approximate surface area is 77.9 Å². The molecule has 70 valence electrons. The second-order valence-corrected chi connectivity index (χ2v) is 2.36. The minimum Gasteiger partial charge on any atom is -0.461 e. The fourth-order valence-corrected chi connectivity index (χ4v) is 0.842. The van der Waals surface area contributed by atoms with Gasteiger partial charge in [0.25, 0.3) is 0 Å². The van der Waals surface area contributed by atoms with E-state index in [0.717, 1.165) is 0 Å². The number of halogens is 1. The molecule has 0 saturated carbocycles. The van der Waals surface area contributed by atoms with E-state index in [1.54, 1.807) is 6.92 Å². The van der Waals surface area contributed by atoms with Crippen LogP contribution < -0.4 is 5.69 Å². The molecule has 13 heavy (non-hydrogen) atoms. The molecule has 0 amide bonds. The molecule has 1 rings (SSSR count). The molecule has 6 nitrogen and oxygen atoms in total. The zero-order chi connectivity index (χ0) is 9.84. The summed E-state index contributed by atoms with van der Waals surface area (Å²) >= 11 is 5.47. The Hall–Kier alpha value is -1.43. The van der Waals surface area contributed by atoms with Crippen LogP contribution in [0, 0.1) is 0 Å². The first kappa shape index (κ1) is 9.66. The lowest BCUT2D eigenvalue weighted by molar-refractivity contribution is 0.0517. The summed E-state index contributed by atoms with van der Waals surface area (Å²) in [4.78, 5) is 24.9. The van der Waals surface area contributed by atoms with Gasteiger partial charge in [0.1, 0.15) is 0 Å². The predicted octanol–water partition coefficient (Wildman–Crippen LogP) is -0.00500. The van der Waals surface area contributed by atoms with E-state index >= 15 is 0 Å². The van der Waals surface area contributed by atoms with Crippen molar-refractivity contribution >= 4 is 17.6 Å². The molecular weight excluding hydrogens is 198 g/mol. The molecule has 1 aromatic heterocycles. The summed E-state index contributed by atoms with van der Waals surface area (Å²) in [7, 11) is 0. The number of esters is 1. The molecule has 0 unspecified atom stereocenters. The van der Waals surface area contributed by atoms with Gasteiger partial charge in [0.15, 0.2) is 5.15 Å². The minimum absolute atomic E-state index is 0.192. The smallest absolute Gasteiger partial charge is 0.362 e. The largest absolute Gasteiger partial charge is 0.461 e. The lowest BCUT2D eigenvalue weighted by Crippen LogP contribution is -2.18. The van der Waals surface area contributed by atoms with Crippen molar-refractivity contribution in [2.45, 2.75) is 6.92 Å². The Morgan fingerprint density at radius 1 is 1.69 bits per heavy atom. The highest BCUT2D eigenvalue weighted by atomic mass is 35.5. The number of aromatic amines is 1. The van der Waals surface area contributed by atoms with Gasteiger partial charge < -0.3 is 4.74 Å².